The van der Waals surface area contributed by atoms with Gasteiger partial charge < -0.3 is 14.7 Å². The van der Waals surface area contributed by atoms with Crippen LogP contribution in [-0.2, 0) is 9.59 Å². The molecule has 0 aromatic heterocycles. The molecular formula is C14H17NO4. The topological polar surface area (TPSA) is 66.8 Å². The molecule has 0 unspecified atom stereocenters. The number of likely N-dealkylation sites (tertiary alicyclic amines) is 1. The molecule has 0 saturated carbocycles. The van der Waals surface area contributed by atoms with E-state index in [1.165, 1.54) is 0 Å². The van der Waals surface area contributed by atoms with Gasteiger partial charge >= 0.3 is 5.97 Å². The highest BCUT2D eigenvalue weighted by Gasteiger charge is 2.36. The van der Waals surface area contributed by atoms with Crippen LogP contribution in [0.15, 0.2) is 24.3 Å². The van der Waals surface area contributed by atoms with Crippen LogP contribution in [0.1, 0.15) is 24.9 Å². The van der Waals surface area contributed by atoms with E-state index in [1.807, 2.05) is 31.2 Å². The van der Waals surface area contributed by atoms with Crippen molar-refractivity contribution in [1.29, 1.82) is 0 Å². The van der Waals surface area contributed by atoms with Gasteiger partial charge in [-0.25, -0.2) is 0 Å². The molecule has 0 bridgehead atoms. The number of aliphatic carboxylic acids is 1. The zero-order valence-electron chi connectivity index (χ0n) is 11.0. The van der Waals surface area contributed by atoms with Crippen molar-refractivity contribution in [3.63, 3.8) is 0 Å². The molecule has 1 saturated heterocycles. The second-order valence-corrected chi connectivity index (χ2v) is 4.73. The maximum Gasteiger partial charge on any atom is 0.308 e. The first kappa shape index (κ1) is 13.4. The van der Waals surface area contributed by atoms with Crippen molar-refractivity contribution < 1.29 is 19.4 Å². The molecule has 0 spiro atoms. The van der Waals surface area contributed by atoms with Crippen molar-refractivity contribution in [2.24, 2.45) is 5.92 Å². The van der Waals surface area contributed by atoms with E-state index in [2.05, 4.69) is 0 Å². The van der Waals surface area contributed by atoms with Gasteiger partial charge in [-0.1, -0.05) is 12.1 Å². The van der Waals surface area contributed by atoms with E-state index in [0.717, 1.165) is 11.3 Å². The number of carbonyl (C=O) groups is 2. The van der Waals surface area contributed by atoms with Crippen molar-refractivity contribution in [2.75, 3.05) is 13.7 Å². The van der Waals surface area contributed by atoms with Crippen LogP contribution >= 0.6 is 0 Å². The van der Waals surface area contributed by atoms with Gasteiger partial charge in [0.15, 0.2) is 0 Å². The van der Waals surface area contributed by atoms with Crippen molar-refractivity contribution in [1.82, 2.24) is 4.90 Å². The van der Waals surface area contributed by atoms with Crippen LogP contribution in [0.2, 0.25) is 0 Å². The first-order valence-electron chi connectivity index (χ1n) is 6.19. The quantitative estimate of drug-likeness (QED) is 0.897. The van der Waals surface area contributed by atoms with Crippen molar-refractivity contribution in [3.05, 3.63) is 29.8 Å². The smallest absolute Gasteiger partial charge is 0.308 e. The maximum absolute atomic E-state index is 11.9. The monoisotopic (exact) mass is 263 g/mol. The van der Waals surface area contributed by atoms with E-state index in [0.29, 0.717) is 0 Å². The fourth-order valence-electron chi connectivity index (χ4n) is 2.33. The van der Waals surface area contributed by atoms with Crippen LogP contribution in [0.25, 0.3) is 0 Å². The second-order valence-electron chi connectivity index (χ2n) is 4.73. The number of benzene rings is 1. The lowest BCUT2D eigenvalue weighted by Gasteiger charge is -2.25. The van der Waals surface area contributed by atoms with E-state index >= 15 is 0 Å². The molecule has 2 rings (SSSR count). The standard InChI is InChI=1S/C14H17NO4/c1-9(10-3-5-12(19-2)6-4-10)15-8-11(14(17)18)7-13(15)16/h3-6,9,11H,7-8H2,1-2H3,(H,17,18)/t9-,11+/m1/s1. The Bertz CT molecular complexity index is 483. The van der Waals surface area contributed by atoms with Gasteiger partial charge in [0.05, 0.1) is 19.1 Å². The van der Waals surface area contributed by atoms with Crippen LogP contribution < -0.4 is 4.74 Å². The van der Waals surface area contributed by atoms with Crippen molar-refractivity contribution in [2.45, 2.75) is 19.4 Å². The number of carbonyl (C=O) groups excluding carboxylic acids is 1. The molecule has 1 aromatic carbocycles. The number of hydrogen-bond acceptors (Lipinski definition) is 3. The molecule has 2 atom stereocenters. The second kappa shape index (κ2) is 5.30. The Morgan fingerprint density at radius 3 is 2.53 bits per heavy atom. The lowest BCUT2D eigenvalue weighted by molar-refractivity contribution is -0.141. The zero-order chi connectivity index (χ0) is 14.0. The van der Waals surface area contributed by atoms with Gasteiger partial charge in [0.1, 0.15) is 5.75 Å². The van der Waals surface area contributed by atoms with E-state index in [1.54, 1.807) is 12.0 Å². The molecule has 0 aliphatic carbocycles. The summed E-state index contributed by atoms with van der Waals surface area (Å²) in [5.74, 6) is -0.839. The summed E-state index contributed by atoms with van der Waals surface area (Å²) in [6.07, 6.45) is 0.0931. The highest BCUT2D eigenvalue weighted by atomic mass is 16.5. The molecule has 102 valence electrons. The fourth-order valence-corrected chi connectivity index (χ4v) is 2.33. The van der Waals surface area contributed by atoms with Gasteiger partial charge in [-0.3, -0.25) is 9.59 Å². The molecule has 19 heavy (non-hydrogen) atoms. The molecule has 1 aliphatic rings. The van der Waals surface area contributed by atoms with Gasteiger partial charge in [0.2, 0.25) is 5.91 Å². The third-order valence-corrected chi connectivity index (χ3v) is 3.57. The van der Waals surface area contributed by atoms with E-state index in [-0.39, 0.29) is 24.9 Å². The summed E-state index contributed by atoms with van der Waals surface area (Å²) in [5, 5.41) is 8.97. The number of amides is 1. The highest BCUT2D eigenvalue weighted by molar-refractivity contribution is 5.86. The Morgan fingerprint density at radius 2 is 2.05 bits per heavy atom. The van der Waals surface area contributed by atoms with Gasteiger partial charge in [-0.2, -0.15) is 0 Å². The molecule has 1 heterocycles. The minimum absolute atomic E-state index is 0.0931. The zero-order valence-corrected chi connectivity index (χ0v) is 11.0. The Balaban J connectivity index is 2.12. The minimum Gasteiger partial charge on any atom is -0.497 e. The average Bonchev–Trinajstić information content (AvgIpc) is 2.80. The molecular weight excluding hydrogens is 246 g/mol. The summed E-state index contributed by atoms with van der Waals surface area (Å²) < 4.78 is 5.09. The van der Waals surface area contributed by atoms with Gasteiger partial charge in [-0.05, 0) is 24.6 Å². The summed E-state index contributed by atoms with van der Waals surface area (Å²) >= 11 is 0. The number of methoxy groups -OCH3 is 1. The highest BCUT2D eigenvalue weighted by Crippen LogP contribution is 2.29. The molecule has 1 fully saturated rings. The van der Waals surface area contributed by atoms with Crippen LogP contribution in [-0.4, -0.2) is 35.5 Å². The van der Waals surface area contributed by atoms with Crippen LogP contribution in [0.3, 0.4) is 0 Å². The normalized spacial score (nSPS) is 20.4. The molecule has 1 aliphatic heterocycles. The number of ether oxygens (including phenoxy) is 1. The third kappa shape index (κ3) is 2.70. The molecule has 5 nitrogen and oxygen atoms in total. The SMILES string of the molecule is COc1ccc([C@@H](C)N2C[C@@H](C(=O)O)CC2=O)cc1. The average molecular weight is 263 g/mol. The predicted octanol–water partition coefficient (Wildman–Crippen LogP) is 1.69. The number of rotatable bonds is 4. The van der Waals surface area contributed by atoms with Crippen LogP contribution in [0, 0.1) is 5.92 Å². The van der Waals surface area contributed by atoms with E-state index in [9.17, 15) is 9.59 Å². The largest absolute Gasteiger partial charge is 0.497 e. The Kier molecular flexibility index (Phi) is 3.74. The van der Waals surface area contributed by atoms with Crippen LogP contribution in [0.4, 0.5) is 0 Å². The molecule has 1 aromatic rings. The molecule has 0 radical (unpaired) electrons. The molecule has 1 N–H and O–H groups in total. The van der Waals surface area contributed by atoms with E-state index < -0.39 is 11.9 Å². The summed E-state index contributed by atoms with van der Waals surface area (Å²) in [6.45, 7) is 2.19. The van der Waals surface area contributed by atoms with E-state index in [4.69, 9.17) is 9.84 Å². The maximum atomic E-state index is 11.9. The number of carboxylic acid groups (broad SMARTS) is 1. The number of hydrogen-bond donors (Lipinski definition) is 1. The summed E-state index contributed by atoms with van der Waals surface area (Å²) in [5.41, 5.74) is 0.972. The van der Waals surface area contributed by atoms with Crippen molar-refractivity contribution in [3.8, 4) is 5.75 Å². The third-order valence-electron chi connectivity index (χ3n) is 3.57. The lowest BCUT2D eigenvalue weighted by atomic mass is 10.1. The first-order valence-corrected chi connectivity index (χ1v) is 6.19. The predicted molar refractivity (Wildman–Crippen MR) is 68.9 cm³/mol. The number of nitrogens with zero attached hydrogens (tertiary/aromatic N) is 1. The first-order chi connectivity index (χ1) is 9.02. The summed E-state index contributed by atoms with van der Waals surface area (Å²) in [7, 11) is 1.60. The summed E-state index contributed by atoms with van der Waals surface area (Å²) in [6, 6.07) is 7.33. The minimum atomic E-state index is -0.905. The Hall–Kier alpha value is -2.04. The van der Waals surface area contributed by atoms with Gasteiger partial charge in [-0.15, -0.1) is 0 Å². The Labute approximate surface area is 111 Å². The Morgan fingerprint density at radius 1 is 1.42 bits per heavy atom. The fraction of sp³-hybridized carbons (Fsp3) is 0.429. The van der Waals surface area contributed by atoms with Gasteiger partial charge in [0.25, 0.3) is 0 Å². The summed E-state index contributed by atoms with van der Waals surface area (Å²) in [4.78, 5) is 24.4. The molecule has 5 heteroatoms. The van der Waals surface area contributed by atoms with Crippen LogP contribution in [0.5, 0.6) is 5.75 Å². The number of carboxylic acids is 1. The van der Waals surface area contributed by atoms with Crippen molar-refractivity contribution >= 4 is 11.9 Å². The van der Waals surface area contributed by atoms with Gasteiger partial charge in [0, 0.05) is 13.0 Å². The lowest BCUT2D eigenvalue weighted by Crippen LogP contribution is -2.29. The molecule has 1 amide bonds.